The first kappa shape index (κ1) is 19.6. The zero-order chi connectivity index (χ0) is 19.8. The monoisotopic (exact) mass is 398 g/mol. The van der Waals surface area contributed by atoms with Crippen LogP contribution in [0.4, 0.5) is 15.4 Å². The highest BCUT2D eigenvalue weighted by atomic mass is 35.5. The first-order valence-electron chi connectivity index (χ1n) is 8.96. The minimum absolute atomic E-state index is 0.130. The second kappa shape index (κ2) is 7.47. The Balaban J connectivity index is 1.97. The lowest BCUT2D eigenvalue weighted by Crippen LogP contribution is -2.38. The molecule has 1 fully saturated rings. The van der Waals surface area contributed by atoms with Crippen molar-refractivity contribution in [2.75, 3.05) is 18.5 Å². The van der Waals surface area contributed by atoms with Crippen LogP contribution >= 0.6 is 11.6 Å². The number of carbonyl (C=O) groups excluding carboxylic acids is 3. The van der Waals surface area contributed by atoms with Crippen molar-refractivity contribution in [2.45, 2.75) is 58.2 Å². The summed E-state index contributed by atoms with van der Waals surface area (Å²) in [6.45, 7) is 6.05. The van der Waals surface area contributed by atoms with Crippen LogP contribution in [0.3, 0.4) is 0 Å². The summed E-state index contributed by atoms with van der Waals surface area (Å²) >= 11 is 5.70. The molecule has 1 aromatic heterocycles. The van der Waals surface area contributed by atoms with Crippen LogP contribution in [0.2, 0.25) is 0 Å². The highest BCUT2D eigenvalue weighted by Gasteiger charge is 2.45. The molecule has 3 heterocycles. The first-order valence-corrected chi connectivity index (χ1v) is 9.34. The Morgan fingerprint density at radius 1 is 1.37 bits per heavy atom. The van der Waals surface area contributed by atoms with E-state index in [1.807, 2.05) is 0 Å². The Morgan fingerprint density at radius 2 is 2.11 bits per heavy atom. The van der Waals surface area contributed by atoms with Gasteiger partial charge in [0.25, 0.3) is 5.91 Å². The first-order chi connectivity index (χ1) is 12.8. The number of nitrogens with one attached hydrogen (secondary N) is 1. The zero-order valence-corrected chi connectivity index (χ0v) is 16.3. The van der Waals surface area contributed by atoms with Gasteiger partial charge in [0.2, 0.25) is 0 Å². The Labute approximate surface area is 161 Å². The molecule has 2 aliphatic heterocycles. The lowest BCUT2D eigenvalue weighted by Gasteiger charge is -2.29. The lowest BCUT2D eigenvalue weighted by atomic mass is 10.0. The maximum atomic E-state index is 12.6. The number of aromatic nitrogens is 2. The maximum absolute atomic E-state index is 12.6. The number of ether oxygens (including phenoxy) is 2. The number of nitrogens with zero attached hydrogens (tertiary/aromatic N) is 3. The number of hydrogen-bond donors (Lipinski definition) is 1. The van der Waals surface area contributed by atoms with E-state index >= 15 is 0 Å². The summed E-state index contributed by atoms with van der Waals surface area (Å²) in [5.41, 5.74) is 0.225. The van der Waals surface area contributed by atoms with Gasteiger partial charge in [-0.05, 0) is 51.6 Å². The average molecular weight is 399 g/mol. The van der Waals surface area contributed by atoms with E-state index in [4.69, 9.17) is 21.1 Å². The number of hydrogen-bond acceptors (Lipinski definition) is 6. The highest BCUT2D eigenvalue weighted by Crippen LogP contribution is 2.42. The molecule has 0 radical (unpaired) electrons. The van der Waals surface area contributed by atoms with Crippen molar-refractivity contribution in [1.82, 2.24) is 14.7 Å². The van der Waals surface area contributed by atoms with Crippen LogP contribution in [0.15, 0.2) is 0 Å². The average Bonchev–Trinajstić information content (AvgIpc) is 3.11. The van der Waals surface area contributed by atoms with Gasteiger partial charge in [-0.2, -0.15) is 5.10 Å². The molecule has 0 aliphatic carbocycles. The van der Waals surface area contributed by atoms with Crippen molar-refractivity contribution >= 4 is 34.8 Å². The number of carbonyl (C=O) groups is 3. The van der Waals surface area contributed by atoms with E-state index in [9.17, 15) is 14.4 Å². The van der Waals surface area contributed by atoms with E-state index in [0.29, 0.717) is 24.3 Å². The van der Waals surface area contributed by atoms with Gasteiger partial charge in [-0.1, -0.05) is 0 Å². The fourth-order valence-electron chi connectivity index (χ4n) is 3.45. The summed E-state index contributed by atoms with van der Waals surface area (Å²) in [5, 5.41) is 6.45. The van der Waals surface area contributed by atoms with Gasteiger partial charge in [0.15, 0.2) is 0 Å². The summed E-state index contributed by atoms with van der Waals surface area (Å²) in [6.07, 6.45) is 1.14. The molecule has 1 N–H and O–H groups in total. The predicted octanol–water partition coefficient (Wildman–Crippen LogP) is 2.80. The van der Waals surface area contributed by atoms with Gasteiger partial charge in [-0.15, -0.1) is 4.68 Å². The van der Waals surface area contributed by atoms with E-state index in [0.717, 1.165) is 17.5 Å². The van der Waals surface area contributed by atoms with Gasteiger partial charge in [-0.3, -0.25) is 9.59 Å². The van der Waals surface area contributed by atoms with E-state index in [1.165, 1.54) is 4.90 Å². The van der Waals surface area contributed by atoms with Gasteiger partial charge < -0.3 is 19.7 Å². The van der Waals surface area contributed by atoms with Crippen molar-refractivity contribution in [1.29, 1.82) is 0 Å². The molecule has 3 rings (SSSR count). The molecule has 2 amide bonds. The largest absolute Gasteiger partial charge is 0.448 e. The van der Waals surface area contributed by atoms with Crippen LogP contribution in [0.5, 0.6) is 0 Å². The molecule has 1 aromatic rings. The Kier molecular flexibility index (Phi) is 5.43. The molecule has 2 aliphatic rings. The summed E-state index contributed by atoms with van der Waals surface area (Å²) in [4.78, 5) is 38.2. The number of anilines is 1. The normalized spacial score (nSPS) is 20.9. The molecule has 0 saturated carbocycles. The van der Waals surface area contributed by atoms with Gasteiger partial charge >= 0.3 is 11.5 Å². The molecule has 27 heavy (non-hydrogen) atoms. The molecular weight excluding hydrogens is 376 g/mol. The fraction of sp³-hybridized carbons (Fsp3) is 0.647. The smallest absolute Gasteiger partial charge is 0.436 e. The molecule has 1 unspecified atom stereocenters. The number of rotatable bonds is 3. The Hall–Kier alpha value is -2.13. The third-order valence-electron chi connectivity index (χ3n) is 4.92. The van der Waals surface area contributed by atoms with Crippen LogP contribution in [-0.2, 0) is 26.4 Å². The molecule has 10 heteroatoms. The molecule has 148 valence electrons. The topological polar surface area (TPSA) is 103 Å². The third kappa shape index (κ3) is 3.53. The third-order valence-corrected chi connectivity index (χ3v) is 5.12. The number of amides is 2. The van der Waals surface area contributed by atoms with Gasteiger partial charge in [0.05, 0.1) is 24.4 Å². The van der Waals surface area contributed by atoms with E-state index in [2.05, 4.69) is 10.4 Å². The zero-order valence-electron chi connectivity index (χ0n) is 15.6. The highest BCUT2D eigenvalue weighted by molar-refractivity contribution is 6.62. The minimum atomic E-state index is -0.827. The maximum Gasteiger partial charge on any atom is 0.436 e. The minimum Gasteiger partial charge on any atom is -0.448 e. The van der Waals surface area contributed by atoms with Crippen molar-refractivity contribution in [3.63, 3.8) is 0 Å². The molecule has 1 atom stereocenters. The molecule has 0 bridgehead atoms. The van der Waals surface area contributed by atoms with Crippen LogP contribution in [-0.4, -0.2) is 51.4 Å². The SMILES string of the molecule is CCOC(=O)n1nc2c(c1NC(=O)C1CCCCO1)CN(C(=O)Cl)C2(C)C. The Morgan fingerprint density at radius 3 is 2.70 bits per heavy atom. The van der Waals surface area contributed by atoms with E-state index in [-0.39, 0.29) is 24.9 Å². The van der Waals surface area contributed by atoms with Gasteiger partial charge in [-0.25, -0.2) is 4.79 Å². The fourth-order valence-corrected chi connectivity index (χ4v) is 3.72. The Bertz CT molecular complexity index is 770. The predicted molar refractivity (Wildman–Crippen MR) is 96.7 cm³/mol. The van der Waals surface area contributed by atoms with Crippen molar-refractivity contribution in [3.8, 4) is 0 Å². The van der Waals surface area contributed by atoms with Gasteiger partial charge in [0, 0.05) is 12.2 Å². The molecule has 9 nitrogen and oxygen atoms in total. The quantitative estimate of drug-likeness (QED) is 0.620. The summed E-state index contributed by atoms with van der Waals surface area (Å²) < 4.78 is 11.6. The van der Waals surface area contributed by atoms with Crippen LogP contribution < -0.4 is 5.32 Å². The molecule has 1 saturated heterocycles. The lowest BCUT2D eigenvalue weighted by molar-refractivity contribution is -0.130. The summed E-state index contributed by atoms with van der Waals surface area (Å²) in [6, 6.07) is 0. The molecule has 0 spiro atoms. The van der Waals surface area contributed by atoms with Gasteiger partial charge in [0.1, 0.15) is 11.9 Å². The summed E-state index contributed by atoms with van der Waals surface area (Å²) in [7, 11) is 0. The van der Waals surface area contributed by atoms with E-state index < -0.39 is 23.1 Å². The molecule has 0 aromatic carbocycles. The second-order valence-corrected chi connectivity index (χ2v) is 7.35. The van der Waals surface area contributed by atoms with E-state index in [1.54, 1.807) is 20.8 Å². The number of fused-ring (bicyclic) bond motifs is 1. The standard InChI is InChI=1S/C17H23ClN4O5/c1-4-26-16(25)22-13(19-14(23)11-7-5-6-8-27-11)10-9-21(15(18)24)17(2,3)12(10)20-22/h11H,4-9H2,1-3H3,(H,19,23). The molecular formula is C17H23ClN4O5. The second-order valence-electron chi connectivity index (χ2n) is 7.03. The van der Waals surface area contributed by atoms with Crippen LogP contribution in [0, 0.1) is 0 Å². The van der Waals surface area contributed by atoms with Crippen molar-refractivity contribution in [2.24, 2.45) is 0 Å². The van der Waals surface area contributed by atoms with Crippen LogP contribution in [0.25, 0.3) is 0 Å². The van der Waals surface area contributed by atoms with Crippen molar-refractivity contribution in [3.05, 3.63) is 11.3 Å². The van der Waals surface area contributed by atoms with Crippen LogP contribution in [0.1, 0.15) is 51.3 Å². The van der Waals surface area contributed by atoms with Crippen molar-refractivity contribution < 1.29 is 23.9 Å². The number of halogens is 1. The summed E-state index contributed by atoms with van der Waals surface area (Å²) in [5.74, 6) is -0.160.